The standard InChI is InChI=1S/C25H25N5O2S2/c31-19(28-16-6-2-1-3-7-16)14-33-25-22-21(26-15-27-25)20-17-8-4-5-9-18(17)23(29-24(20)34-22)30-10-12-32-13-11-30/h1-3,6-7,15H,4-5,8-14H2,(H,28,31). The third kappa shape index (κ3) is 4.12. The summed E-state index contributed by atoms with van der Waals surface area (Å²) >= 11 is 3.10. The number of morpholine rings is 1. The van der Waals surface area contributed by atoms with Gasteiger partial charge >= 0.3 is 0 Å². The number of aryl methyl sites for hydroxylation is 1. The molecule has 1 aromatic carbocycles. The fraction of sp³-hybridized carbons (Fsp3) is 0.360. The van der Waals surface area contributed by atoms with Crippen LogP contribution in [0.1, 0.15) is 24.0 Å². The highest BCUT2D eigenvalue weighted by Crippen LogP contribution is 2.43. The molecule has 1 saturated heterocycles. The Hall–Kier alpha value is -2.75. The van der Waals surface area contributed by atoms with Gasteiger partial charge in [-0.25, -0.2) is 15.0 Å². The van der Waals surface area contributed by atoms with Crippen LogP contribution in [0.5, 0.6) is 0 Å². The maximum Gasteiger partial charge on any atom is 0.234 e. The van der Waals surface area contributed by atoms with Crippen molar-refractivity contribution in [3.05, 3.63) is 47.8 Å². The number of ether oxygens (including phenoxy) is 1. The van der Waals surface area contributed by atoms with Crippen LogP contribution in [0.25, 0.3) is 20.4 Å². The van der Waals surface area contributed by atoms with Gasteiger partial charge in [-0.05, 0) is 48.9 Å². The third-order valence-corrected chi connectivity index (χ3v) is 8.57. The Balaban J connectivity index is 1.35. The minimum absolute atomic E-state index is 0.0471. The van der Waals surface area contributed by atoms with E-state index in [4.69, 9.17) is 9.72 Å². The van der Waals surface area contributed by atoms with E-state index in [1.165, 1.54) is 41.1 Å². The van der Waals surface area contributed by atoms with E-state index in [9.17, 15) is 4.79 Å². The molecule has 7 nitrogen and oxygen atoms in total. The summed E-state index contributed by atoms with van der Waals surface area (Å²) in [5, 5.41) is 4.97. The van der Waals surface area contributed by atoms with Crippen LogP contribution in [0.15, 0.2) is 41.7 Å². The molecule has 9 heteroatoms. The number of hydrogen-bond donors (Lipinski definition) is 1. The number of rotatable bonds is 5. The van der Waals surface area contributed by atoms with Gasteiger partial charge in [0.15, 0.2) is 0 Å². The molecule has 4 heterocycles. The first-order valence-corrected chi connectivity index (χ1v) is 13.5. The summed E-state index contributed by atoms with van der Waals surface area (Å²) in [6, 6.07) is 9.52. The monoisotopic (exact) mass is 491 g/mol. The molecule has 2 aliphatic rings. The van der Waals surface area contributed by atoms with Crippen molar-refractivity contribution in [2.45, 2.75) is 30.7 Å². The predicted molar refractivity (Wildman–Crippen MR) is 138 cm³/mol. The average Bonchev–Trinajstić information content (AvgIpc) is 3.27. The number of anilines is 2. The first-order chi connectivity index (χ1) is 16.8. The first kappa shape index (κ1) is 21.8. The first-order valence-electron chi connectivity index (χ1n) is 11.7. The summed E-state index contributed by atoms with van der Waals surface area (Å²) in [7, 11) is 0. The van der Waals surface area contributed by atoms with E-state index >= 15 is 0 Å². The maximum absolute atomic E-state index is 12.5. The molecule has 1 fully saturated rings. The lowest BCUT2D eigenvalue weighted by Crippen LogP contribution is -2.37. The number of nitrogens with zero attached hydrogens (tertiary/aromatic N) is 4. The van der Waals surface area contributed by atoms with Crippen LogP contribution in [-0.4, -0.2) is 52.9 Å². The normalized spacial score (nSPS) is 16.1. The minimum Gasteiger partial charge on any atom is -0.378 e. The Morgan fingerprint density at radius 2 is 1.88 bits per heavy atom. The average molecular weight is 492 g/mol. The SMILES string of the molecule is O=C(CSc1ncnc2c1sc1nc(N3CCOCC3)c3c(c12)CCCC3)Nc1ccccc1. The summed E-state index contributed by atoms with van der Waals surface area (Å²) in [4.78, 5) is 30.3. The van der Waals surface area contributed by atoms with Crippen LogP contribution in [0.2, 0.25) is 0 Å². The van der Waals surface area contributed by atoms with Crippen LogP contribution >= 0.6 is 23.1 Å². The highest BCUT2D eigenvalue weighted by Gasteiger charge is 2.26. The van der Waals surface area contributed by atoms with Gasteiger partial charge in [-0.2, -0.15) is 0 Å². The van der Waals surface area contributed by atoms with E-state index in [0.717, 1.165) is 70.7 Å². The van der Waals surface area contributed by atoms with Gasteiger partial charge in [0, 0.05) is 24.2 Å². The van der Waals surface area contributed by atoms with Crippen molar-refractivity contribution in [3.8, 4) is 0 Å². The van der Waals surface area contributed by atoms with Gasteiger partial charge in [0.05, 0.1) is 29.2 Å². The summed E-state index contributed by atoms with van der Waals surface area (Å²) in [5.41, 5.74) is 4.56. The smallest absolute Gasteiger partial charge is 0.234 e. The number of fused-ring (bicyclic) bond motifs is 5. The zero-order valence-electron chi connectivity index (χ0n) is 18.7. The van der Waals surface area contributed by atoms with Crippen molar-refractivity contribution in [2.24, 2.45) is 0 Å². The second-order valence-corrected chi connectivity index (χ2v) is 10.5. The number of para-hydroxylation sites is 1. The number of aromatic nitrogens is 3. The molecule has 6 rings (SSSR count). The molecule has 0 atom stereocenters. The van der Waals surface area contributed by atoms with E-state index in [-0.39, 0.29) is 5.91 Å². The minimum atomic E-state index is -0.0471. The maximum atomic E-state index is 12.5. The lowest BCUT2D eigenvalue weighted by Gasteiger charge is -2.31. The summed E-state index contributed by atoms with van der Waals surface area (Å²) in [6.45, 7) is 3.26. The van der Waals surface area contributed by atoms with Crippen molar-refractivity contribution in [3.63, 3.8) is 0 Å². The highest BCUT2D eigenvalue weighted by molar-refractivity contribution is 8.00. The van der Waals surface area contributed by atoms with Crippen molar-refractivity contribution in [1.82, 2.24) is 15.0 Å². The van der Waals surface area contributed by atoms with Gasteiger partial charge in [-0.15, -0.1) is 11.3 Å². The van der Waals surface area contributed by atoms with Crippen LogP contribution in [0, 0.1) is 0 Å². The number of pyridine rings is 1. The van der Waals surface area contributed by atoms with Gasteiger partial charge < -0.3 is 15.0 Å². The molecule has 0 unspecified atom stereocenters. The Bertz CT molecular complexity index is 1350. The van der Waals surface area contributed by atoms with E-state index in [1.54, 1.807) is 17.7 Å². The molecule has 0 saturated carbocycles. The van der Waals surface area contributed by atoms with E-state index in [0.29, 0.717) is 5.75 Å². The van der Waals surface area contributed by atoms with Crippen molar-refractivity contribution >= 4 is 60.9 Å². The predicted octanol–water partition coefficient (Wildman–Crippen LogP) is 4.69. The molecular weight excluding hydrogens is 466 g/mol. The zero-order chi connectivity index (χ0) is 22.9. The zero-order valence-corrected chi connectivity index (χ0v) is 20.4. The van der Waals surface area contributed by atoms with Gasteiger partial charge in [-0.3, -0.25) is 4.79 Å². The number of hydrogen-bond acceptors (Lipinski definition) is 8. The van der Waals surface area contributed by atoms with E-state index in [1.807, 2.05) is 30.3 Å². The molecule has 0 spiro atoms. The molecule has 1 amide bonds. The van der Waals surface area contributed by atoms with E-state index < -0.39 is 0 Å². The molecule has 4 aromatic rings. The summed E-state index contributed by atoms with van der Waals surface area (Å²) in [5.74, 6) is 1.37. The molecule has 1 aliphatic heterocycles. The Kier molecular flexibility index (Phi) is 6.07. The Morgan fingerprint density at radius 1 is 1.09 bits per heavy atom. The number of thiophene rings is 1. The Labute approximate surface area is 205 Å². The number of thioether (sulfide) groups is 1. The van der Waals surface area contributed by atoms with Gasteiger partial charge in [0.2, 0.25) is 5.91 Å². The van der Waals surface area contributed by atoms with Gasteiger partial charge in [0.1, 0.15) is 22.0 Å². The van der Waals surface area contributed by atoms with Crippen molar-refractivity contribution in [2.75, 3.05) is 42.3 Å². The molecule has 174 valence electrons. The number of nitrogens with one attached hydrogen (secondary N) is 1. The van der Waals surface area contributed by atoms with E-state index in [2.05, 4.69) is 20.2 Å². The fourth-order valence-corrected chi connectivity index (χ4v) is 6.84. The lowest BCUT2D eigenvalue weighted by molar-refractivity contribution is -0.113. The van der Waals surface area contributed by atoms with Gasteiger partial charge in [-0.1, -0.05) is 30.0 Å². The van der Waals surface area contributed by atoms with Gasteiger partial charge in [0.25, 0.3) is 0 Å². The molecule has 1 N–H and O–H groups in total. The molecule has 1 aliphatic carbocycles. The second-order valence-electron chi connectivity index (χ2n) is 8.54. The molecule has 0 radical (unpaired) electrons. The number of benzene rings is 1. The number of carbonyl (C=O) groups excluding carboxylic acids is 1. The molecule has 0 bridgehead atoms. The topological polar surface area (TPSA) is 80.2 Å². The highest BCUT2D eigenvalue weighted by atomic mass is 32.2. The molecular formula is C25H25N5O2S2. The quantitative estimate of drug-likeness (QED) is 0.321. The summed E-state index contributed by atoms with van der Waals surface area (Å²) < 4.78 is 6.60. The largest absolute Gasteiger partial charge is 0.378 e. The van der Waals surface area contributed by atoms with Crippen molar-refractivity contribution < 1.29 is 9.53 Å². The fourth-order valence-electron chi connectivity index (χ4n) is 4.81. The van der Waals surface area contributed by atoms with Crippen LogP contribution < -0.4 is 10.2 Å². The van der Waals surface area contributed by atoms with Crippen molar-refractivity contribution in [1.29, 1.82) is 0 Å². The van der Waals surface area contributed by atoms with Crippen LogP contribution in [0.3, 0.4) is 0 Å². The summed E-state index contributed by atoms with van der Waals surface area (Å²) in [6.07, 6.45) is 6.14. The lowest BCUT2D eigenvalue weighted by atomic mass is 9.90. The molecule has 3 aromatic heterocycles. The number of carbonyl (C=O) groups is 1. The molecule has 34 heavy (non-hydrogen) atoms. The number of amides is 1. The Morgan fingerprint density at radius 3 is 2.71 bits per heavy atom. The second kappa shape index (κ2) is 9.48. The third-order valence-electron chi connectivity index (χ3n) is 6.38. The van der Waals surface area contributed by atoms with Crippen LogP contribution in [0.4, 0.5) is 11.5 Å². The van der Waals surface area contributed by atoms with Crippen LogP contribution in [-0.2, 0) is 22.4 Å².